The molecule has 1 saturated heterocycles. The molecule has 0 aliphatic carbocycles. The van der Waals surface area contributed by atoms with Gasteiger partial charge in [0.05, 0.1) is 35.4 Å². The fourth-order valence-electron chi connectivity index (χ4n) is 9.32. The van der Waals surface area contributed by atoms with Gasteiger partial charge in [-0.25, -0.2) is 0 Å². The number of nitrogens with two attached hydrogens (primary N) is 1. The number of Topliss-reactive ketones (excluding diaryl/α,β-unsaturated/α-hetero) is 1. The van der Waals surface area contributed by atoms with Crippen molar-refractivity contribution in [1.82, 2.24) is 10.2 Å². The van der Waals surface area contributed by atoms with Gasteiger partial charge in [-0.15, -0.1) is 11.8 Å². The molecule has 4 N–H and O–H groups in total. The third kappa shape index (κ3) is 14.6. The van der Waals surface area contributed by atoms with Crippen molar-refractivity contribution in [3.05, 3.63) is 89.2 Å². The molecule has 17 heteroatoms. The standard InChI is InChI=1S/C53H73N5O10S2/c1-8-56-43-24-22-37(2)33-41(43)52(4,5)46(56)19-12-9-13-20-47-53(6,7)42-34-40(70(64,65)66)23-25-44(42)57(47)27-14-10-11-17-39(59)18-15-28-58-49(61)35-45(51(58)63)69-36-38(3)50(62)55-26-30-68-32-31-67-29-16-21-48(54)60/h9,12-13,19-20,22-25,33-34,38,45H,8,10-11,14-18,21,26-32,35-36H2,1-7H3,(H3-,54,55,60,62,64,65,66)/p+1/t38-,45?/m1/s1. The second-order valence-electron chi connectivity index (χ2n) is 19.4. The van der Waals surface area contributed by atoms with Gasteiger partial charge in [0.2, 0.25) is 29.3 Å². The number of benzene rings is 2. The number of carbonyl (C=O) groups excluding carboxylic acids is 5. The molecule has 3 aliphatic heterocycles. The largest absolute Gasteiger partial charge is 0.379 e. The predicted molar refractivity (Wildman–Crippen MR) is 275 cm³/mol. The lowest BCUT2D eigenvalue weighted by molar-refractivity contribution is -0.438. The number of anilines is 1. The minimum atomic E-state index is -4.41. The van der Waals surface area contributed by atoms with E-state index < -0.39 is 20.8 Å². The summed E-state index contributed by atoms with van der Waals surface area (Å²) in [5.41, 5.74) is 12.0. The number of aryl methyl sites for hydroxylation is 1. The van der Waals surface area contributed by atoms with Crippen molar-refractivity contribution in [2.75, 3.05) is 63.3 Å². The molecular weight excluding hydrogens is 931 g/mol. The second kappa shape index (κ2) is 25.4. The first-order valence-electron chi connectivity index (χ1n) is 24.6. The van der Waals surface area contributed by atoms with E-state index in [0.717, 1.165) is 36.3 Å². The van der Waals surface area contributed by atoms with Gasteiger partial charge in [0.25, 0.3) is 10.1 Å². The van der Waals surface area contributed by atoms with E-state index in [9.17, 15) is 36.9 Å². The fourth-order valence-corrected chi connectivity index (χ4v) is 11.0. The number of imide groups is 1. The van der Waals surface area contributed by atoms with Gasteiger partial charge in [0.15, 0.2) is 5.71 Å². The van der Waals surface area contributed by atoms with Crippen LogP contribution in [0.2, 0.25) is 0 Å². The molecule has 2 aromatic carbocycles. The first-order valence-corrected chi connectivity index (χ1v) is 27.1. The van der Waals surface area contributed by atoms with Crippen molar-refractivity contribution < 1.29 is 51.0 Å². The minimum absolute atomic E-state index is 0.0697. The maximum atomic E-state index is 13.1. The van der Waals surface area contributed by atoms with Crippen molar-refractivity contribution in [3.63, 3.8) is 0 Å². The van der Waals surface area contributed by atoms with Crippen LogP contribution in [0, 0.1) is 12.8 Å². The van der Waals surface area contributed by atoms with Crippen molar-refractivity contribution in [2.24, 2.45) is 11.7 Å². The van der Waals surface area contributed by atoms with E-state index in [0.29, 0.717) is 71.0 Å². The number of rotatable bonds is 29. The lowest BCUT2D eigenvalue weighted by atomic mass is 9.81. The lowest BCUT2D eigenvalue weighted by Crippen LogP contribution is -2.34. The quantitative estimate of drug-likeness (QED) is 0.0242. The Balaban J connectivity index is 1.06. The summed E-state index contributed by atoms with van der Waals surface area (Å²) in [4.78, 5) is 65.7. The first kappa shape index (κ1) is 56.0. The molecule has 70 heavy (non-hydrogen) atoms. The number of allylic oxidation sites excluding steroid dienone is 6. The van der Waals surface area contributed by atoms with Gasteiger partial charge in [0, 0.05) is 105 Å². The molecule has 2 atom stereocenters. The number of nitrogens with zero attached hydrogens (tertiary/aromatic N) is 3. The van der Waals surface area contributed by atoms with E-state index in [2.05, 4.69) is 78.9 Å². The number of unbranched alkanes of at least 4 members (excludes halogenated alkanes) is 2. The monoisotopic (exact) mass is 1000 g/mol. The third-order valence-electron chi connectivity index (χ3n) is 13.3. The number of thioether (sulfide) groups is 1. The number of hydrogen-bond donors (Lipinski definition) is 3. The van der Waals surface area contributed by atoms with E-state index >= 15 is 0 Å². The summed E-state index contributed by atoms with van der Waals surface area (Å²) >= 11 is 1.30. The highest BCUT2D eigenvalue weighted by atomic mass is 32.2. The van der Waals surface area contributed by atoms with Gasteiger partial charge in [-0.1, -0.05) is 56.7 Å². The normalized spacial score (nSPS) is 18.5. The predicted octanol–water partition coefficient (Wildman–Crippen LogP) is 7.25. The highest BCUT2D eigenvalue weighted by molar-refractivity contribution is 8.00. The number of hydrogen-bond acceptors (Lipinski definition) is 11. The Morgan fingerprint density at radius 3 is 2.34 bits per heavy atom. The zero-order valence-corrected chi connectivity index (χ0v) is 43.7. The Bertz CT molecular complexity index is 2480. The Kier molecular flexibility index (Phi) is 20.3. The molecule has 1 unspecified atom stereocenters. The second-order valence-corrected chi connectivity index (χ2v) is 22.0. The van der Waals surface area contributed by atoms with Gasteiger partial charge in [-0.3, -0.25) is 33.4 Å². The van der Waals surface area contributed by atoms with E-state index in [1.54, 1.807) is 19.1 Å². The minimum Gasteiger partial charge on any atom is -0.379 e. The van der Waals surface area contributed by atoms with Crippen LogP contribution in [-0.4, -0.2) is 121 Å². The van der Waals surface area contributed by atoms with Gasteiger partial charge in [-0.05, 0) is 83.2 Å². The lowest BCUT2D eigenvalue weighted by Gasteiger charge is -2.25. The number of ether oxygens (including phenoxy) is 2. The van der Waals surface area contributed by atoms with Gasteiger partial charge in [-0.2, -0.15) is 13.0 Å². The molecular formula is C53H74N5O10S2+. The number of likely N-dealkylation sites (tertiary alicyclic amines) is 1. The molecule has 2 aromatic rings. The van der Waals surface area contributed by atoms with Crippen LogP contribution in [0.1, 0.15) is 116 Å². The third-order valence-corrected chi connectivity index (χ3v) is 15.6. The molecule has 0 radical (unpaired) electrons. The number of nitrogens with one attached hydrogen (secondary N) is 1. The van der Waals surface area contributed by atoms with Gasteiger partial charge >= 0.3 is 0 Å². The molecule has 0 bridgehead atoms. The van der Waals surface area contributed by atoms with Crippen molar-refractivity contribution in [2.45, 2.75) is 127 Å². The highest BCUT2D eigenvalue weighted by Crippen LogP contribution is 2.48. The topological polar surface area (TPSA) is 206 Å². The zero-order valence-electron chi connectivity index (χ0n) is 42.1. The SMILES string of the molecule is CCN1C(=CC=CC=CC2=[N+](CCCCCC(=O)CCCN3C(=O)CC(SC[C@@H](C)C(=O)NCCOCCOCCCC(N)=O)C3=O)c3ccc(S(=O)(=O)O)cc3C2(C)C)C(C)(C)c2cc(C)ccc21. The molecule has 3 aliphatic rings. The summed E-state index contributed by atoms with van der Waals surface area (Å²) in [7, 11) is -4.41. The summed E-state index contributed by atoms with van der Waals surface area (Å²) in [6, 6.07) is 11.4. The summed E-state index contributed by atoms with van der Waals surface area (Å²) in [5, 5.41) is 2.26. The zero-order chi connectivity index (χ0) is 51.2. The molecule has 0 spiro atoms. The molecule has 4 amide bonds. The Labute approximate surface area is 419 Å². The Morgan fingerprint density at radius 1 is 0.900 bits per heavy atom. The van der Waals surface area contributed by atoms with Gasteiger partial charge < -0.3 is 25.4 Å². The van der Waals surface area contributed by atoms with E-state index in [4.69, 9.17) is 15.2 Å². The molecule has 0 aromatic heterocycles. The summed E-state index contributed by atoms with van der Waals surface area (Å²) in [6.45, 7) is 18.1. The number of likely N-dealkylation sites (N-methyl/N-ethyl adjacent to an activating group) is 1. The molecule has 382 valence electrons. The van der Waals surface area contributed by atoms with Crippen LogP contribution >= 0.6 is 11.8 Å². The van der Waals surface area contributed by atoms with Crippen LogP contribution in [0.3, 0.4) is 0 Å². The van der Waals surface area contributed by atoms with Crippen molar-refractivity contribution in [3.8, 4) is 0 Å². The number of ketones is 1. The smallest absolute Gasteiger partial charge is 0.294 e. The number of carbonyl (C=O) groups is 5. The van der Waals surface area contributed by atoms with Crippen molar-refractivity contribution >= 4 is 68.4 Å². The summed E-state index contributed by atoms with van der Waals surface area (Å²) in [6.07, 6.45) is 14.5. The highest BCUT2D eigenvalue weighted by Gasteiger charge is 2.45. The molecule has 0 saturated carbocycles. The van der Waals surface area contributed by atoms with Crippen LogP contribution in [0.15, 0.2) is 77.4 Å². The van der Waals surface area contributed by atoms with Crippen LogP contribution in [0.5, 0.6) is 0 Å². The molecule has 3 heterocycles. The number of amides is 4. The molecule has 1 fully saturated rings. The number of primary amides is 1. The maximum absolute atomic E-state index is 13.1. The van der Waals surface area contributed by atoms with Crippen molar-refractivity contribution in [1.29, 1.82) is 0 Å². The van der Waals surface area contributed by atoms with Crippen LogP contribution in [0.4, 0.5) is 11.4 Å². The molecule has 5 rings (SSSR count). The fraction of sp³-hybridized carbons (Fsp3) is 0.547. The Morgan fingerprint density at radius 2 is 1.63 bits per heavy atom. The average molecular weight is 1010 g/mol. The molecule has 15 nitrogen and oxygen atoms in total. The van der Waals surface area contributed by atoms with Gasteiger partial charge in [0.1, 0.15) is 12.3 Å². The summed E-state index contributed by atoms with van der Waals surface area (Å²) in [5.74, 6) is -1.01. The van der Waals surface area contributed by atoms with Crippen LogP contribution in [0.25, 0.3) is 0 Å². The van der Waals surface area contributed by atoms with E-state index in [1.807, 2.05) is 26.0 Å². The Hall–Kier alpha value is -4.94. The average Bonchev–Trinajstić information content (AvgIpc) is 3.79. The summed E-state index contributed by atoms with van der Waals surface area (Å²) < 4.78 is 47.3. The van der Waals surface area contributed by atoms with E-state index in [1.165, 1.54) is 45.2 Å². The van der Waals surface area contributed by atoms with Crippen LogP contribution in [-0.2, 0) is 54.4 Å². The van der Waals surface area contributed by atoms with Crippen LogP contribution < -0.4 is 16.0 Å². The first-order chi connectivity index (χ1) is 33.2. The maximum Gasteiger partial charge on any atom is 0.294 e. The van der Waals surface area contributed by atoms with E-state index in [-0.39, 0.29) is 71.4 Å². The number of fused-ring (bicyclic) bond motifs is 2.